The molecule has 2 aliphatic rings. The molecule has 7 heteroatoms. The maximum Gasteiger partial charge on any atom is 0.325 e. The molecule has 1 saturated carbocycles. The molecule has 26 heavy (non-hydrogen) atoms. The van der Waals surface area contributed by atoms with Crippen molar-refractivity contribution in [3.8, 4) is 5.75 Å². The standard InChI is InChI=1S/C19H25N3O4/c1-14-7-3-4-8-15(14)26-12-11-20-16(23)13-22-17(24)19(21-18(22)25)9-5-2-6-10-19/h3-4,7-8H,2,5-6,9-13H2,1H3,(H,20,23)(H,21,25). The summed E-state index contributed by atoms with van der Waals surface area (Å²) in [6, 6.07) is 7.17. The van der Waals surface area contributed by atoms with Gasteiger partial charge in [0.1, 0.15) is 24.4 Å². The molecule has 1 aliphatic carbocycles. The molecule has 0 aromatic heterocycles. The summed E-state index contributed by atoms with van der Waals surface area (Å²) in [5.41, 5.74) is 0.236. The number of nitrogens with zero attached hydrogens (tertiary/aromatic N) is 1. The fourth-order valence-electron chi connectivity index (χ4n) is 3.58. The van der Waals surface area contributed by atoms with Gasteiger partial charge >= 0.3 is 6.03 Å². The molecule has 1 aromatic rings. The summed E-state index contributed by atoms with van der Waals surface area (Å²) >= 11 is 0. The van der Waals surface area contributed by atoms with Crippen LogP contribution in [-0.2, 0) is 9.59 Å². The first-order chi connectivity index (χ1) is 12.5. The van der Waals surface area contributed by atoms with E-state index in [0.29, 0.717) is 26.0 Å². The average Bonchev–Trinajstić information content (AvgIpc) is 2.85. The quantitative estimate of drug-likeness (QED) is 0.598. The van der Waals surface area contributed by atoms with E-state index in [-0.39, 0.29) is 18.4 Å². The van der Waals surface area contributed by atoms with Crippen LogP contribution in [0, 0.1) is 6.92 Å². The number of rotatable bonds is 6. The number of imide groups is 1. The second kappa shape index (κ2) is 7.76. The van der Waals surface area contributed by atoms with Crippen LogP contribution in [0.25, 0.3) is 0 Å². The van der Waals surface area contributed by atoms with Crippen LogP contribution in [0.4, 0.5) is 4.79 Å². The first-order valence-corrected chi connectivity index (χ1v) is 9.11. The van der Waals surface area contributed by atoms with E-state index in [9.17, 15) is 14.4 Å². The third kappa shape index (κ3) is 3.81. The number of para-hydroxylation sites is 1. The lowest BCUT2D eigenvalue weighted by atomic mass is 9.82. The zero-order valence-electron chi connectivity index (χ0n) is 15.0. The van der Waals surface area contributed by atoms with Crippen LogP contribution in [0.15, 0.2) is 24.3 Å². The van der Waals surface area contributed by atoms with Crippen molar-refractivity contribution in [3.63, 3.8) is 0 Å². The van der Waals surface area contributed by atoms with Crippen molar-refractivity contribution in [1.29, 1.82) is 0 Å². The third-order valence-corrected chi connectivity index (χ3v) is 5.03. The summed E-state index contributed by atoms with van der Waals surface area (Å²) in [4.78, 5) is 37.9. The Morgan fingerprint density at radius 1 is 1.23 bits per heavy atom. The predicted octanol–water partition coefficient (Wildman–Crippen LogP) is 1.74. The van der Waals surface area contributed by atoms with Gasteiger partial charge in [-0.1, -0.05) is 37.5 Å². The molecule has 0 bridgehead atoms. The van der Waals surface area contributed by atoms with Crippen molar-refractivity contribution in [3.05, 3.63) is 29.8 Å². The minimum absolute atomic E-state index is 0.253. The van der Waals surface area contributed by atoms with Crippen LogP contribution >= 0.6 is 0 Å². The molecule has 0 atom stereocenters. The van der Waals surface area contributed by atoms with Crippen molar-refractivity contribution in [1.82, 2.24) is 15.5 Å². The van der Waals surface area contributed by atoms with E-state index in [4.69, 9.17) is 4.74 Å². The second-order valence-corrected chi connectivity index (χ2v) is 6.93. The molecule has 140 valence electrons. The molecule has 2 N–H and O–H groups in total. The number of carbonyl (C=O) groups excluding carboxylic acids is 3. The Balaban J connectivity index is 1.45. The zero-order valence-corrected chi connectivity index (χ0v) is 15.0. The van der Waals surface area contributed by atoms with Gasteiger partial charge in [0.2, 0.25) is 5.91 Å². The smallest absolute Gasteiger partial charge is 0.325 e. The lowest BCUT2D eigenvalue weighted by Gasteiger charge is -2.30. The fourth-order valence-corrected chi connectivity index (χ4v) is 3.58. The molecule has 1 aromatic carbocycles. The summed E-state index contributed by atoms with van der Waals surface area (Å²) in [5, 5.41) is 5.50. The van der Waals surface area contributed by atoms with Gasteiger partial charge in [-0.05, 0) is 31.4 Å². The van der Waals surface area contributed by atoms with Crippen LogP contribution in [0.3, 0.4) is 0 Å². The fraction of sp³-hybridized carbons (Fsp3) is 0.526. The number of ether oxygens (including phenoxy) is 1. The molecule has 4 amide bonds. The molecule has 3 rings (SSSR count). The van der Waals surface area contributed by atoms with Crippen molar-refractivity contribution in [2.45, 2.75) is 44.6 Å². The summed E-state index contributed by atoms with van der Waals surface area (Å²) in [6.45, 7) is 2.33. The van der Waals surface area contributed by atoms with Gasteiger partial charge in [-0.25, -0.2) is 4.79 Å². The molecule has 1 spiro atoms. The highest BCUT2D eigenvalue weighted by atomic mass is 16.5. The van der Waals surface area contributed by atoms with Crippen molar-refractivity contribution >= 4 is 17.8 Å². The topological polar surface area (TPSA) is 87.7 Å². The highest BCUT2D eigenvalue weighted by Crippen LogP contribution is 2.33. The number of benzene rings is 1. The number of nitrogens with one attached hydrogen (secondary N) is 2. The summed E-state index contributed by atoms with van der Waals surface area (Å²) in [7, 11) is 0. The largest absolute Gasteiger partial charge is 0.491 e. The van der Waals surface area contributed by atoms with Crippen LogP contribution in [0.1, 0.15) is 37.7 Å². The maximum atomic E-state index is 12.6. The predicted molar refractivity (Wildman–Crippen MR) is 95.7 cm³/mol. The zero-order chi connectivity index (χ0) is 18.6. The number of carbonyl (C=O) groups is 3. The number of urea groups is 1. The number of amides is 4. The van der Waals surface area contributed by atoms with E-state index in [1.54, 1.807) is 0 Å². The summed E-state index contributed by atoms with van der Waals surface area (Å²) in [6.07, 6.45) is 4.22. The highest BCUT2D eigenvalue weighted by molar-refractivity contribution is 6.09. The lowest BCUT2D eigenvalue weighted by molar-refractivity contribution is -0.135. The Kier molecular flexibility index (Phi) is 5.44. The average molecular weight is 359 g/mol. The van der Waals surface area contributed by atoms with Gasteiger partial charge < -0.3 is 15.4 Å². The van der Waals surface area contributed by atoms with Crippen LogP contribution < -0.4 is 15.4 Å². The molecule has 0 unspecified atom stereocenters. The Labute approximate surface area is 153 Å². The van der Waals surface area contributed by atoms with Gasteiger partial charge in [0.05, 0.1) is 6.54 Å². The van der Waals surface area contributed by atoms with Crippen molar-refractivity contribution in [2.24, 2.45) is 0 Å². The monoisotopic (exact) mass is 359 g/mol. The van der Waals surface area contributed by atoms with Gasteiger partial charge in [0, 0.05) is 0 Å². The minimum Gasteiger partial charge on any atom is -0.491 e. The second-order valence-electron chi connectivity index (χ2n) is 6.93. The number of hydrogen-bond donors (Lipinski definition) is 2. The first-order valence-electron chi connectivity index (χ1n) is 9.11. The molecular weight excluding hydrogens is 334 g/mol. The summed E-state index contributed by atoms with van der Waals surface area (Å²) < 4.78 is 5.61. The maximum absolute atomic E-state index is 12.6. The van der Waals surface area contributed by atoms with Crippen molar-refractivity contribution < 1.29 is 19.1 Å². The molecule has 2 fully saturated rings. The number of aryl methyl sites for hydroxylation is 1. The molecule has 1 heterocycles. The van der Waals surface area contributed by atoms with E-state index in [1.165, 1.54) is 0 Å². The first kappa shape index (κ1) is 18.2. The minimum atomic E-state index is -0.788. The van der Waals surface area contributed by atoms with Gasteiger partial charge in [0.25, 0.3) is 5.91 Å². The Hall–Kier alpha value is -2.57. The van der Waals surface area contributed by atoms with Crippen LogP contribution in [0.2, 0.25) is 0 Å². The highest BCUT2D eigenvalue weighted by Gasteiger charge is 2.51. The Morgan fingerprint density at radius 2 is 1.96 bits per heavy atom. The molecule has 1 saturated heterocycles. The Bertz CT molecular complexity index is 698. The summed E-state index contributed by atoms with van der Waals surface area (Å²) in [5.74, 6) is 0.137. The lowest BCUT2D eigenvalue weighted by Crippen LogP contribution is -2.49. The van der Waals surface area contributed by atoms with Crippen molar-refractivity contribution in [2.75, 3.05) is 19.7 Å². The number of hydrogen-bond acceptors (Lipinski definition) is 4. The molecule has 0 radical (unpaired) electrons. The van der Waals surface area contributed by atoms with E-state index < -0.39 is 11.6 Å². The van der Waals surface area contributed by atoms with Gasteiger partial charge in [-0.15, -0.1) is 0 Å². The van der Waals surface area contributed by atoms with Crippen LogP contribution in [-0.4, -0.2) is 48.0 Å². The van der Waals surface area contributed by atoms with Gasteiger partial charge in [-0.3, -0.25) is 14.5 Å². The van der Waals surface area contributed by atoms with E-state index in [0.717, 1.165) is 35.5 Å². The molecule has 1 aliphatic heterocycles. The Morgan fingerprint density at radius 3 is 2.69 bits per heavy atom. The normalized spacial score (nSPS) is 18.7. The van der Waals surface area contributed by atoms with E-state index in [2.05, 4.69) is 10.6 Å². The van der Waals surface area contributed by atoms with Gasteiger partial charge in [0.15, 0.2) is 0 Å². The van der Waals surface area contributed by atoms with Crippen LogP contribution in [0.5, 0.6) is 5.75 Å². The van der Waals surface area contributed by atoms with Gasteiger partial charge in [-0.2, -0.15) is 0 Å². The van der Waals surface area contributed by atoms with E-state index in [1.807, 2.05) is 31.2 Å². The third-order valence-electron chi connectivity index (χ3n) is 5.03. The molecule has 7 nitrogen and oxygen atoms in total. The van der Waals surface area contributed by atoms with E-state index >= 15 is 0 Å². The SMILES string of the molecule is Cc1ccccc1OCCNC(=O)CN1C(=O)NC2(CCCCC2)C1=O. The molecular formula is C19H25N3O4.